The van der Waals surface area contributed by atoms with Crippen molar-refractivity contribution < 1.29 is 22.7 Å². The molecule has 0 unspecified atom stereocenters. The summed E-state index contributed by atoms with van der Waals surface area (Å²) in [5, 5.41) is 0.390. The fraction of sp³-hybridized carbons (Fsp3) is 0.174. The van der Waals surface area contributed by atoms with Gasteiger partial charge in [-0.05, 0) is 67.4 Å². The van der Waals surface area contributed by atoms with Crippen molar-refractivity contribution in [2.45, 2.75) is 18.7 Å². The Balaban J connectivity index is 2.25. The predicted molar refractivity (Wildman–Crippen MR) is 121 cm³/mol. The van der Waals surface area contributed by atoms with Crippen molar-refractivity contribution >= 4 is 33.2 Å². The van der Waals surface area contributed by atoms with Gasteiger partial charge in [0.2, 0.25) is 0 Å². The maximum atomic E-state index is 13.6. The molecule has 0 aliphatic carbocycles. The van der Waals surface area contributed by atoms with Crippen LogP contribution in [0.15, 0.2) is 65.6 Å². The van der Waals surface area contributed by atoms with Gasteiger partial charge in [-0.15, -0.1) is 0 Å². The molecule has 3 aromatic rings. The van der Waals surface area contributed by atoms with E-state index in [-0.39, 0.29) is 16.1 Å². The summed E-state index contributed by atoms with van der Waals surface area (Å²) in [6.45, 7) is 3.58. The number of aryl methyl sites for hydroxylation is 2. The van der Waals surface area contributed by atoms with Crippen LogP contribution in [0.4, 0.5) is 5.69 Å². The zero-order valence-corrected chi connectivity index (χ0v) is 19.1. The lowest BCUT2D eigenvalue weighted by Gasteiger charge is -2.25. The molecule has 0 N–H and O–H groups in total. The summed E-state index contributed by atoms with van der Waals surface area (Å²) in [6.07, 6.45) is 0. The first-order chi connectivity index (χ1) is 14.7. The van der Waals surface area contributed by atoms with Gasteiger partial charge in [-0.2, -0.15) is 4.31 Å². The van der Waals surface area contributed by atoms with Gasteiger partial charge in [0.15, 0.2) is 0 Å². The molecule has 0 bridgehead atoms. The minimum Gasteiger partial charge on any atom is -0.497 e. The SMILES string of the molecule is COc1cc(OC)cc(C(=O)N(c2cc(C)ccc2C)S(=O)(=O)c2ccc(Cl)cc2)c1. The van der Waals surface area contributed by atoms with Crippen molar-refractivity contribution in [2.24, 2.45) is 0 Å². The zero-order chi connectivity index (χ0) is 22.8. The number of hydrogen-bond acceptors (Lipinski definition) is 5. The van der Waals surface area contributed by atoms with Crippen molar-refractivity contribution in [3.63, 3.8) is 0 Å². The number of sulfonamides is 1. The van der Waals surface area contributed by atoms with Gasteiger partial charge >= 0.3 is 0 Å². The van der Waals surface area contributed by atoms with Crippen molar-refractivity contribution in [2.75, 3.05) is 18.5 Å². The molecule has 0 aliphatic heterocycles. The predicted octanol–water partition coefficient (Wildman–Crippen LogP) is 5.01. The molecule has 0 radical (unpaired) electrons. The second-order valence-corrected chi connectivity index (χ2v) is 9.14. The molecule has 0 fully saturated rings. The van der Waals surface area contributed by atoms with Crippen molar-refractivity contribution in [1.82, 2.24) is 0 Å². The molecular formula is C23H22ClNO5S. The van der Waals surface area contributed by atoms with Gasteiger partial charge < -0.3 is 9.47 Å². The van der Waals surface area contributed by atoms with E-state index in [1.807, 2.05) is 13.0 Å². The largest absolute Gasteiger partial charge is 0.497 e. The molecule has 162 valence electrons. The number of ether oxygens (including phenoxy) is 2. The van der Waals surface area contributed by atoms with E-state index in [0.29, 0.717) is 22.1 Å². The van der Waals surface area contributed by atoms with Crippen molar-refractivity contribution in [3.05, 3.63) is 82.4 Å². The molecule has 1 amide bonds. The van der Waals surface area contributed by atoms with Crippen LogP contribution in [0.25, 0.3) is 0 Å². The molecule has 31 heavy (non-hydrogen) atoms. The third kappa shape index (κ3) is 4.68. The van der Waals surface area contributed by atoms with E-state index in [2.05, 4.69) is 0 Å². The minimum atomic E-state index is -4.25. The van der Waals surface area contributed by atoms with Crippen LogP contribution < -0.4 is 13.8 Å². The summed E-state index contributed by atoms with van der Waals surface area (Å²) < 4.78 is 38.6. The van der Waals surface area contributed by atoms with E-state index >= 15 is 0 Å². The van der Waals surface area contributed by atoms with Gasteiger partial charge in [0.05, 0.1) is 24.8 Å². The summed E-state index contributed by atoms with van der Waals surface area (Å²) in [5.41, 5.74) is 1.82. The fourth-order valence-corrected chi connectivity index (χ4v) is 4.64. The maximum absolute atomic E-state index is 13.6. The van der Waals surface area contributed by atoms with Crippen LogP contribution in [-0.2, 0) is 10.0 Å². The Labute approximate surface area is 187 Å². The second kappa shape index (κ2) is 8.99. The van der Waals surface area contributed by atoms with Gasteiger partial charge in [0, 0.05) is 16.7 Å². The third-order valence-corrected chi connectivity index (χ3v) is 6.68. The Kier molecular flexibility index (Phi) is 6.57. The van der Waals surface area contributed by atoms with Crippen LogP contribution in [0.2, 0.25) is 5.02 Å². The summed E-state index contributed by atoms with van der Waals surface area (Å²) in [5.74, 6) is 0.000796. The minimum absolute atomic E-state index is 0.0546. The first kappa shape index (κ1) is 22.7. The van der Waals surface area contributed by atoms with E-state index < -0.39 is 15.9 Å². The standard InChI is InChI=1S/C23H22ClNO5S/c1-15-5-6-16(2)22(11-15)25(31(27,28)21-9-7-18(24)8-10-21)23(26)17-12-19(29-3)14-20(13-17)30-4/h5-14H,1-4H3. The molecule has 0 heterocycles. The summed E-state index contributed by atoms with van der Waals surface area (Å²) >= 11 is 5.93. The number of anilines is 1. The number of halogens is 1. The molecule has 0 saturated carbocycles. The quantitative estimate of drug-likeness (QED) is 0.518. The first-order valence-corrected chi connectivity index (χ1v) is 11.1. The number of hydrogen-bond donors (Lipinski definition) is 0. The number of amides is 1. The lowest BCUT2D eigenvalue weighted by atomic mass is 10.1. The normalized spacial score (nSPS) is 11.1. The van der Waals surface area contributed by atoms with Gasteiger partial charge in [0.25, 0.3) is 15.9 Å². The third-order valence-electron chi connectivity index (χ3n) is 4.72. The molecule has 0 atom stereocenters. The van der Waals surface area contributed by atoms with Crippen LogP contribution in [0.1, 0.15) is 21.5 Å². The average Bonchev–Trinajstić information content (AvgIpc) is 2.75. The van der Waals surface area contributed by atoms with E-state index in [0.717, 1.165) is 9.87 Å². The highest BCUT2D eigenvalue weighted by Crippen LogP contribution is 2.32. The van der Waals surface area contributed by atoms with Crippen LogP contribution in [-0.4, -0.2) is 28.5 Å². The summed E-state index contributed by atoms with van der Waals surface area (Å²) in [7, 11) is -1.34. The average molecular weight is 460 g/mol. The smallest absolute Gasteiger partial charge is 0.272 e. The number of carbonyl (C=O) groups excluding carboxylic acids is 1. The van der Waals surface area contributed by atoms with E-state index in [1.165, 1.54) is 50.6 Å². The lowest BCUT2D eigenvalue weighted by Crippen LogP contribution is -2.37. The molecular weight excluding hydrogens is 438 g/mol. The second-order valence-electron chi connectivity index (χ2n) is 6.92. The number of rotatable bonds is 6. The van der Waals surface area contributed by atoms with Crippen LogP contribution in [0.5, 0.6) is 11.5 Å². The van der Waals surface area contributed by atoms with E-state index in [1.54, 1.807) is 25.1 Å². The zero-order valence-electron chi connectivity index (χ0n) is 17.5. The van der Waals surface area contributed by atoms with Gasteiger partial charge in [0.1, 0.15) is 11.5 Å². The number of carbonyl (C=O) groups is 1. The number of benzene rings is 3. The van der Waals surface area contributed by atoms with E-state index in [4.69, 9.17) is 21.1 Å². The van der Waals surface area contributed by atoms with Crippen molar-refractivity contribution in [3.8, 4) is 11.5 Å². The molecule has 0 aliphatic rings. The van der Waals surface area contributed by atoms with Crippen LogP contribution in [0, 0.1) is 13.8 Å². The molecule has 6 nitrogen and oxygen atoms in total. The topological polar surface area (TPSA) is 72.9 Å². The maximum Gasteiger partial charge on any atom is 0.272 e. The number of methoxy groups -OCH3 is 2. The Hall–Kier alpha value is -3.03. The molecule has 0 spiro atoms. The summed E-state index contributed by atoms with van der Waals surface area (Å²) in [4.78, 5) is 13.6. The Morgan fingerprint density at radius 2 is 1.45 bits per heavy atom. The molecule has 3 rings (SSSR count). The Bertz CT molecular complexity index is 1200. The Morgan fingerprint density at radius 1 is 0.871 bits per heavy atom. The molecule has 0 aromatic heterocycles. The fourth-order valence-electron chi connectivity index (χ4n) is 3.05. The van der Waals surface area contributed by atoms with Gasteiger partial charge in [-0.3, -0.25) is 4.79 Å². The highest BCUT2D eigenvalue weighted by atomic mass is 35.5. The molecule has 0 saturated heterocycles. The lowest BCUT2D eigenvalue weighted by molar-refractivity contribution is 0.100. The highest BCUT2D eigenvalue weighted by molar-refractivity contribution is 7.93. The van der Waals surface area contributed by atoms with Crippen molar-refractivity contribution in [1.29, 1.82) is 0 Å². The Morgan fingerprint density at radius 3 is 2.00 bits per heavy atom. The van der Waals surface area contributed by atoms with Crippen LogP contribution in [0.3, 0.4) is 0 Å². The van der Waals surface area contributed by atoms with Gasteiger partial charge in [-0.1, -0.05) is 23.7 Å². The first-order valence-electron chi connectivity index (χ1n) is 9.33. The molecule has 3 aromatic carbocycles. The van der Waals surface area contributed by atoms with Gasteiger partial charge in [-0.25, -0.2) is 8.42 Å². The number of nitrogens with zero attached hydrogens (tertiary/aromatic N) is 1. The monoisotopic (exact) mass is 459 g/mol. The highest BCUT2D eigenvalue weighted by Gasteiger charge is 2.33. The molecule has 8 heteroatoms. The summed E-state index contributed by atoms with van der Waals surface area (Å²) in [6, 6.07) is 15.5. The van der Waals surface area contributed by atoms with E-state index in [9.17, 15) is 13.2 Å². The van der Waals surface area contributed by atoms with Crippen LogP contribution >= 0.6 is 11.6 Å².